The number of halogens is 3. The first-order valence-corrected chi connectivity index (χ1v) is 7.24. The van der Waals surface area contributed by atoms with Crippen LogP contribution in [0.4, 0.5) is 13.2 Å². The highest BCUT2D eigenvalue weighted by Gasteiger charge is 2.37. The Kier molecular flexibility index (Phi) is 5.08. The summed E-state index contributed by atoms with van der Waals surface area (Å²) in [5, 5.41) is 7.74. The minimum absolute atomic E-state index is 0.0152. The van der Waals surface area contributed by atoms with Gasteiger partial charge in [-0.2, -0.15) is 18.3 Å². The molecule has 0 aliphatic rings. The quantitative estimate of drug-likeness (QED) is 0.882. The molecule has 0 aliphatic heterocycles. The van der Waals surface area contributed by atoms with Gasteiger partial charge in [0.25, 0.3) is 5.91 Å². The van der Waals surface area contributed by atoms with Gasteiger partial charge >= 0.3 is 6.18 Å². The summed E-state index contributed by atoms with van der Waals surface area (Å²) in [5.41, 5.74) is -0.588. The van der Waals surface area contributed by atoms with Gasteiger partial charge in [-0.3, -0.25) is 9.89 Å². The molecule has 2 aromatic rings. The van der Waals surface area contributed by atoms with Gasteiger partial charge < -0.3 is 5.32 Å². The largest absolute Gasteiger partial charge is 0.433 e. The minimum atomic E-state index is -4.64. The summed E-state index contributed by atoms with van der Waals surface area (Å²) < 4.78 is 38.3. The van der Waals surface area contributed by atoms with Crippen molar-refractivity contribution in [2.24, 2.45) is 5.92 Å². The van der Waals surface area contributed by atoms with E-state index < -0.39 is 23.3 Å². The molecular weight excluding hydrogens is 307 g/mol. The third-order valence-corrected chi connectivity index (χ3v) is 3.68. The lowest BCUT2D eigenvalue weighted by molar-refractivity contribution is -0.141. The van der Waals surface area contributed by atoms with Crippen molar-refractivity contribution in [2.75, 3.05) is 6.54 Å². The number of alkyl halides is 3. The third kappa shape index (κ3) is 4.12. The lowest BCUT2D eigenvalue weighted by Crippen LogP contribution is -2.31. The maximum Gasteiger partial charge on any atom is 0.433 e. The zero-order valence-electron chi connectivity index (χ0n) is 12.8. The highest BCUT2D eigenvalue weighted by Crippen LogP contribution is 2.30. The Bertz CT molecular complexity index is 650. The number of aromatic amines is 1. The molecule has 7 heteroatoms. The van der Waals surface area contributed by atoms with Crippen LogP contribution in [0.25, 0.3) is 0 Å². The molecule has 1 heterocycles. The second-order valence-corrected chi connectivity index (χ2v) is 5.63. The number of hydrogen-bond acceptors (Lipinski definition) is 2. The Balaban J connectivity index is 2.10. The Morgan fingerprint density at radius 2 is 1.91 bits per heavy atom. The predicted molar refractivity (Wildman–Crippen MR) is 79.9 cm³/mol. The van der Waals surface area contributed by atoms with Crippen LogP contribution in [0.3, 0.4) is 0 Å². The molecule has 23 heavy (non-hydrogen) atoms. The Morgan fingerprint density at radius 3 is 2.48 bits per heavy atom. The van der Waals surface area contributed by atoms with Crippen molar-refractivity contribution in [3.8, 4) is 0 Å². The smallest absolute Gasteiger partial charge is 0.351 e. The molecule has 0 fully saturated rings. The SMILES string of the molecule is CC(C)[C@H](CNC(=O)c1cn[nH]c1C(F)(F)F)c1ccccc1. The summed E-state index contributed by atoms with van der Waals surface area (Å²) in [5.74, 6) is -0.543. The van der Waals surface area contributed by atoms with Gasteiger partial charge in [0, 0.05) is 12.5 Å². The van der Waals surface area contributed by atoms with E-state index in [1.54, 1.807) is 0 Å². The average molecular weight is 325 g/mol. The summed E-state index contributed by atoms with van der Waals surface area (Å²) >= 11 is 0. The van der Waals surface area contributed by atoms with Crippen LogP contribution in [0.2, 0.25) is 0 Å². The normalized spacial score (nSPS) is 13.1. The molecule has 0 aliphatic carbocycles. The molecule has 1 aromatic heterocycles. The lowest BCUT2D eigenvalue weighted by Gasteiger charge is -2.22. The van der Waals surface area contributed by atoms with Crippen LogP contribution in [-0.2, 0) is 6.18 Å². The highest BCUT2D eigenvalue weighted by molar-refractivity contribution is 5.95. The third-order valence-electron chi connectivity index (χ3n) is 3.68. The summed E-state index contributed by atoms with van der Waals surface area (Å²) in [6, 6.07) is 9.56. The fourth-order valence-electron chi connectivity index (χ4n) is 2.41. The van der Waals surface area contributed by atoms with Gasteiger partial charge in [0.15, 0.2) is 5.69 Å². The number of hydrogen-bond donors (Lipinski definition) is 2. The van der Waals surface area contributed by atoms with Crippen molar-refractivity contribution in [3.63, 3.8) is 0 Å². The number of rotatable bonds is 5. The molecule has 1 atom stereocenters. The first-order valence-electron chi connectivity index (χ1n) is 7.24. The molecule has 0 spiro atoms. The van der Waals surface area contributed by atoms with Crippen molar-refractivity contribution in [3.05, 3.63) is 53.3 Å². The standard InChI is InChI=1S/C16H18F3N3O/c1-10(2)12(11-6-4-3-5-7-11)8-20-15(23)13-9-21-22-14(13)16(17,18)19/h3-7,9-10,12H,8H2,1-2H3,(H,20,23)(H,21,22)/t12-/m0/s1. The van der Waals surface area contributed by atoms with Crippen LogP contribution in [-0.4, -0.2) is 22.6 Å². The van der Waals surface area contributed by atoms with Gasteiger partial charge in [-0.15, -0.1) is 0 Å². The van der Waals surface area contributed by atoms with Gasteiger partial charge in [-0.05, 0) is 11.5 Å². The molecule has 4 nitrogen and oxygen atoms in total. The van der Waals surface area contributed by atoms with Gasteiger partial charge in [0.1, 0.15) is 0 Å². The van der Waals surface area contributed by atoms with Crippen molar-refractivity contribution in [2.45, 2.75) is 25.9 Å². The zero-order valence-corrected chi connectivity index (χ0v) is 12.8. The number of amides is 1. The molecule has 0 saturated heterocycles. The van der Waals surface area contributed by atoms with Crippen LogP contribution < -0.4 is 5.32 Å². The molecule has 2 N–H and O–H groups in total. The summed E-state index contributed by atoms with van der Waals surface area (Å²) in [7, 11) is 0. The first-order chi connectivity index (χ1) is 10.8. The van der Waals surface area contributed by atoms with E-state index in [0.29, 0.717) is 0 Å². The summed E-state index contributed by atoms with van der Waals surface area (Å²) in [4.78, 5) is 12.1. The van der Waals surface area contributed by atoms with E-state index in [0.717, 1.165) is 11.8 Å². The highest BCUT2D eigenvalue weighted by atomic mass is 19.4. The predicted octanol–water partition coefficient (Wildman–Crippen LogP) is 3.60. The number of benzene rings is 1. The van der Waals surface area contributed by atoms with E-state index in [9.17, 15) is 18.0 Å². The molecule has 124 valence electrons. The average Bonchev–Trinajstić information content (AvgIpc) is 2.97. The molecule has 0 bridgehead atoms. The van der Waals surface area contributed by atoms with E-state index in [2.05, 4.69) is 10.4 Å². The second kappa shape index (κ2) is 6.85. The Hall–Kier alpha value is -2.31. The number of carbonyl (C=O) groups excluding carboxylic acids is 1. The Morgan fingerprint density at radius 1 is 1.26 bits per heavy atom. The van der Waals surface area contributed by atoms with Crippen molar-refractivity contribution in [1.29, 1.82) is 0 Å². The number of nitrogens with one attached hydrogen (secondary N) is 2. The topological polar surface area (TPSA) is 57.8 Å². The summed E-state index contributed by atoms with van der Waals surface area (Å²) in [6.45, 7) is 4.26. The molecule has 2 rings (SSSR count). The molecule has 1 amide bonds. The van der Waals surface area contributed by atoms with Gasteiger partial charge in [0.2, 0.25) is 0 Å². The van der Waals surface area contributed by atoms with Crippen LogP contribution in [0, 0.1) is 5.92 Å². The fourth-order valence-corrected chi connectivity index (χ4v) is 2.41. The number of aromatic nitrogens is 2. The molecule has 0 saturated carbocycles. The van der Waals surface area contributed by atoms with E-state index in [-0.39, 0.29) is 18.4 Å². The Labute approximate surface area is 132 Å². The second-order valence-electron chi connectivity index (χ2n) is 5.63. The van der Waals surface area contributed by atoms with Gasteiger partial charge in [-0.25, -0.2) is 0 Å². The number of nitrogens with zero attached hydrogens (tertiary/aromatic N) is 1. The van der Waals surface area contributed by atoms with Crippen molar-refractivity contribution in [1.82, 2.24) is 15.5 Å². The van der Waals surface area contributed by atoms with Crippen LogP contribution in [0.5, 0.6) is 0 Å². The fraction of sp³-hybridized carbons (Fsp3) is 0.375. The number of carbonyl (C=O) groups is 1. The maximum atomic E-state index is 12.8. The van der Waals surface area contributed by atoms with Gasteiger partial charge in [-0.1, -0.05) is 44.2 Å². The van der Waals surface area contributed by atoms with Crippen LogP contribution in [0.15, 0.2) is 36.5 Å². The minimum Gasteiger partial charge on any atom is -0.351 e. The molecule has 0 radical (unpaired) electrons. The van der Waals surface area contributed by atoms with E-state index in [1.807, 2.05) is 49.3 Å². The summed E-state index contributed by atoms with van der Waals surface area (Å²) in [6.07, 6.45) is -3.74. The number of H-pyrrole nitrogens is 1. The zero-order chi connectivity index (χ0) is 17.0. The van der Waals surface area contributed by atoms with Crippen molar-refractivity contribution < 1.29 is 18.0 Å². The maximum absolute atomic E-state index is 12.8. The molecule has 1 aromatic carbocycles. The van der Waals surface area contributed by atoms with E-state index >= 15 is 0 Å². The van der Waals surface area contributed by atoms with Gasteiger partial charge in [0.05, 0.1) is 11.8 Å². The monoisotopic (exact) mass is 325 g/mol. The van der Waals surface area contributed by atoms with Crippen LogP contribution >= 0.6 is 0 Å². The van der Waals surface area contributed by atoms with Crippen molar-refractivity contribution >= 4 is 5.91 Å². The molecular formula is C16H18F3N3O. The lowest BCUT2D eigenvalue weighted by atomic mass is 9.88. The van der Waals surface area contributed by atoms with Crippen LogP contribution in [0.1, 0.15) is 41.4 Å². The first kappa shape index (κ1) is 17.1. The van der Waals surface area contributed by atoms with E-state index in [1.165, 1.54) is 0 Å². The van der Waals surface area contributed by atoms with E-state index in [4.69, 9.17) is 0 Å². The molecule has 0 unspecified atom stereocenters.